The van der Waals surface area contributed by atoms with E-state index in [-0.39, 0.29) is 35.6 Å². The number of primary sulfonamides is 1. The molecule has 4 heterocycles. The first-order valence-electron chi connectivity index (χ1n) is 28.3. The molecule has 0 bridgehead atoms. The van der Waals surface area contributed by atoms with Gasteiger partial charge in [0, 0.05) is 41.0 Å². The Morgan fingerprint density at radius 3 is 1.38 bits per heavy atom. The van der Waals surface area contributed by atoms with Gasteiger partial charge < -0.3 is 4.74 Å². The number of nitrogens with two attached hydrogens (primary N) is 1. The number of benzene rings is 8. The molecule has 8 aromatic carbocycles. The quantitative estimate of drug-likeness (QED) is 0.0997. The van der Waals surface area contributed by atoms with Crippen LogP contribution in [0.5, 0.6) is 0 Å². The van der Waals surface area contributed by atoms with Crippen LogP contribution in [-0.2, 0) is 55.5 Å². The molecule has 0 atom stereocenters. The average molecular weight is 1310 g/mol. The molecule has 2 N–H and O–H groups in total. The van der Waals surface area contributed by atoms with Crippen LogP contribution in [0, 0.1) is 19.7 Å². The van der Waals surface area contributed by atoms with Crippen molar-refractivity contribution >= 4 is 56.7 Å². The predicted octanol–water partition coefficient (Wildman–Crippen LogP) is 13.0. The number of aromatic nitrogens is 6. The molecule has 3 aromatic heterocycles. The van der Waals surface area contributed by atoms with Crippen molar-refractivity contribution in [3.8, 4) is 50.8 Å². The summed E-state index contributed by atoms with van der Waals surface area (Å²) in [5.74, 6) is -0.658. The van der Waals surface area contributed by atoms with E-state index >= 15 is 0 Å². The maximum Gasteiger partial charge on any atom is 0.339 e. The largest absolute Gasteiger partial charge is 0.457 e. The number of nitrogens with zero attached hydrogens (tertiary/aromatic N) is 6. The molecule has 1 aliphatic heterocycles. The molecule has 1 aliphatic rings. The Hall–Kier alpha value is -9.71. The zero-order valence-electron chi connectivity index (χ0n) is 50.4. The fourth-order valence-electron chi connectivity index (χ4n) is 9.67. The highest BCUT2D eigenvalue weighted by Crippen LogP contribution is 2.34. The molecule has 0 saturated carbocycles. The summed E-state index contributed by atoms with van der Waals surface area (Å²) < 4.78 is 116. The fraction of sp³-hybridized carbons (Fsp3) is 0.143. The van der Waals surface area contributed by atoms with Crippen LogP contribution in [0.25, 0.3) is 62.0 Å². The lowest BCUT2D eigenvalue weighted by molar-refractivity contribution is -0.133. The van der Waals surface area contributed by atoms with E-state index in [0.29, 0.717) is 21.1 Å². The van der Waals surface area contributed by atoms with E-state index in [0.717, 1.165) is 86.1 Å². The molecule has 0 spiro atoms. The molecule has 17 nitrogen and oxygen atoms in total. The third-order valence-electron chi connectivity index (χ3n) is 14.3. The lowest BCUT2D eigenvalue weighted by Crippen LogP contribution is -2.12. The first kappa shape index (κ1) is 68.2. The van der Waals surface area contributed by atoms with Gasteiger partial charge in [-0.15, -0.1) is 0 Å². The minimum absolute atomic E-state index is 0. The highest BCUT2D eigenvalue weighted by molar-refractivity contribution is 7.91. The minimum atomic E-state index is -3.74. The summed E-state index contributed by atoms with van der Waals surface area (Å²) in [4.78, 5) is 12.9. The molecule has 0 saturated heterocycles. The Kier molecular flexibility index (Phi) is 21.5. The van der Waals surface area contributed by atoms with Crippen LogP contribution >= 0.6 is 0 Å². The summed E-state index contributed by atoms with van der Waals surface area (Å²) in [7, 11) is -13.4. The summed E-state index contributed by atoms with van der Waals surface area (Å²) in [5.41, 5.74) is 14.0. The van der Waals surface area contributed by atoms with Crippen molar-refractivity contribution in [2.24, 2.45) is 5.14 Å². The van der Waals surface area contributed by atoms with Crippen molar-refractivity contribution in [3.63, 3.8) is 0 Å². The van der Waals surface area contributed by atoms with Crippen molar-refractivity contribution in [1.29, 1.82) is 0 Å². The summed E-state index contributed by atoms with van der Waals surface area (Å²) in [6, 6.07) is 65.8. The number of sulfonamides is 1. The van der Waals surface area contributed by atoms with E-state index in [1.165, 1.54) is 48.6 Å². The Bertz CT molecular complexity index is 4870. The fourth-order valence-corrected chi connectivity index (χ4v) is 12.1. The number of sulfone groups is 3. The first-order chi connectivity index (χ1) is 43.2. The summed E-state index contributed by atoms with van der Waals surface area (Å²) in [5, 5.41) is 18.6. The number of esters is 1. The third kappa shape index (κ3) is 17.0. The minimum Gasteiger partial charge on any atom is -0.457 e. The number of carbonyl (C=O) groups excluding carboxylic acids is 1. The van der Waals surface area contributed by atoms with E-state index in [9.17, 15) is 42.9 Å². The van der Waals surface area contributed by atoms with Crippen LogP contribution < -0.4 is 5.14 Å². The number of hydrogen-bond donors (Lipinski definition) is 1. The van der Waals surface area contributed by atoms with Gasteiger partial charge in [-0.3, -0.25) is 0 Å². The van der Waals surface area contributed by atoms with Crippen LogP contribution in [-0.4, -0.2) is 94.4 Å². The summed E-state index contributed by atoms with van der Waals surface area (Å²) in [6.45, 7) is 6.25. The van der Waals surface area contributed by atoms with Gasteiger partial charge in [0.05, 0.1) is 76.9 Å². The lowest BCUT2D eigenvalue weighted by Gasteiger charge is -2.08. The average Bonchev–Trinajstić information content (AvgIpc) is 1.65. The van der Waals surface area contributed by atoms with E-state index in [1.54, 1.807) is 113 Å². The zero-order valence-corrected chi connectivity index (χ0v) is 53.7. The van der Waals surface area contributed by atoms with E-state index in [2.05, 4.69) is 34.4 Å². The Balaban J connectivity index is 0.000000157. The first-order valence-corrected chi connectivity index (χ1v) is 35.6. The van der Waals surface area contributed by atoms with Gasteiger partial charge in [-0.25, -0.2) is 62.0 Å². The topological polar surface area (TPSA) is 242 Å². The number of halogens is 1. The molecule has 0 unspecified atom stereocenters. The Morgan fingerprint density at radius 1 is 0.478 bits per heavy atom. The number of ether oxygens (including phenoxy) is 1. The molecular formula is C70H68FN7O10S4. The molecule has 0 aliphatic carbocycles. The normalized spacial score (nSPS) is 12.3. The molecule has 12 rings (SSSR count). The van der Waals surface area contributed by atoms with Gasteiger partial charge in [0.15, 0.2) is 29.5 Å². The number of rotatable bonds is 14. The summed E-state index contributed by atoms with van der Waals surface area (Å²) in [6.07, 6.45) is 7.07. The smallest absolute Gasteiger partial charge is 0.339 e. The van der Waals surface area contributed by atoms with Gasteiger partial charge >= 0.3 is 5.97 Å². The van der Waals surface area contributed by atoms with E-state index < -0.39 is 39.5 Å². The molecule has 0 amide bonds. The van der Waals surface area contributed by atoms with Crippen LogP contribution in [0.3, 0.4) is 0 Å². The van der Waals surface area contributed by atoms with Crippen LogP contribution in [0.15, 0.2) is 250 Å². The second-order valence-electron chi connectivity index (χ2n) is 21.3. The van der Waals surface area contributed by atoms with Crippen molar-refractivity contribution in [2.75, 3.05) is 25.4 Å². The van der Waals surface area contributed by atoms with Gasteiger partial charge in [-0.05, 0) is 159 Å². The maximum absolute atomic E-state index is 13.2. The number of carbonyl (C=O) groups is 1. The molecule has 11 aromatic rings. The van der Waals surface area contributed by atoms with Crippen LogP contribution in [0.1, 0.15) is 48.8 Å². The summed E-state index contributed by atoms with van der Waals surface area (Å²) >= 11 is 0. The van der Waals surface area contributed by atoms with Gasteiger partial charge in [-0.1, -0.05) is 123 Å². The molecule has 0 fully saturated rings. The second-order valence-corrected chi connectivity index (χ2v) is 28.9. The van der Waals surface area contributed by atoms with Crippen molar-refractivity contribution in [1.82, 2.24) is 29.3 Å². The maximum atomic E-state index is 13.2. The van der Waals surface area contributed by atoms with Gasteiger partial charge in [0.1, 0.15) is 12.4 Å². The highest BCUT2D eigenvalue weighted by Gasteiger charge is 2.27. The van der Waals surface area contributed by atoms with Crippen molar-refractivity contribution in [2.45, 2.75) is 60.6 Å². The van der Waals surface area contributed by atoms with Crippen molar-refractivity contribution in [3.05, 3.63) is 265 Å². The molecule has 22 heteroatoms. The van der Waals surface area contributed by atoms with Gasteiger partial charge in [0.2, 0.25) is 10.0 Å². The molecule has 0 radical (unpaired) electrons. The zero-order chi connectivity index (χ0) is 65.3. The van der Waals surface area contributed by atoms with Gasteiger partial charge in [0.25, 0.3) is 0 Å². The molecular weight excluding hydrogens is 1250 g/mol. The second kappa shape index (κ2) is 29.1. The van der Waals surface area contributed by atoms with E-state index in [1.807, 2.05) is 110 Å². The van der Waals surface area contributed by atoms with Crippen LogP contribution in [0.4, 0.5) is 4.39 Å². The monoisotopic (exact) mass is 1310 g/mol. The molecule has 474 valence electrons. The van der Waals surface area contributed by atoms with Crippen molar-refractivity contribution < 1.29 is 47.6 Å². The highest BCUT2D eigenvalue weighted by atomic mass is 32.2. The standard InChI is InChI=1S/C18H18FN3O2S.2C17H16N2O2S.C17H14O4S.CH4/c1-2-3-15-12-18(13-4-6-14(19)7-5-13)22(21-15)16-8-10-17(11-9-16)25(20,23)24;1-13-3-5-14(6-4-13)17-11-12-18-19(17)15-7-9-16(10-8-15)22(2,20)21;1-13-12-17(14-6-4-3-5-7-14)19(18-13)15-8-10-16(11-9-15)22(2,20)21;1-22(19,20)14-9-7-12(8-10-14)15-11-21-17(18)16(15)13-5-3-2-4-6-13;/h4-12H,2-3H2,1H3,(H2,20,23,24);2*3-12H,1-2H3;2-10H,11H2,1H3;1H4. The van der Waals surface area contributed by atoms with Gasteiger partial charge in [-0.2, -0.15) is 15.3 Å². The number of aryl methyl sites for hydroxylation is 3. The predicted molar refractivity (Wildman–Crippen MR) is 359 cm³/mol. The number of hydrogen-bond acceptors (Lipinski definition) is 13. The third-order valence-corrected chi connectivity index (χ3v) is 18.6. The molecule has 92 heavy (non-hydrogen) atoms. The Labute approximate surface area is 536 Å². The Morgan fingerprint density at radius 2 is 0.891 bits per heavy atom. The van der Waals surface area contributed by atoms with E-state index in [4.69, 9.17) is 9.88 Å². The lowest BCUT2D eigenvalue weighted by atomic mass is 9.97. The van der Waals surface area contributed by atoms with Crippen LogP contribution in [0.2, 0.25) is 0 Å². The number of cyclic esters (lactones) is 1. The SMILES string of the molecule is C.CCCc1cc(-c2ccc(F)cc2)n(-c2ccc(S(N)(=O)=O)cc2)n1.CS(=O)(=O)c1ccc(C2=C(c3ccccc3)C(=O)OC2)cc1.Cc1cc(-c2ccccc2)n(-c2ccc(S(C)(=O)=O)cc2)n1.Cc1ccc(-c2ccnn2-c2ccc(S(C)(=O)=O)cc2)cc1.